The van der Waals surface area contributed by atoms with Gasteiger partial charge in [0.05, 0.1) is 4.34 Å². The molecule has 22 heavy (non-hydrogen) atoms. The van der Waals surface area contributed by atoms with Crippen molar-refractivity contribution < 1.29 is 8.42 Å². The molecule has 0 unspecified atom stereocenters. The summed E-state index contributed by atoms with van der Waals surface area (Å²) in [6.45, 7) is 3.27. The van der Waals surface area contributed by atoms with Gasteiger partial charge >= 0.3 is 0 Å². The summed E-state index contributed by atoms with van der Waals surface area (Å²) in [7, 11) is -3.41. The van der Waals surface area contributed by atoms with Crippen LogP contribution in [0.5, 0.6) is 0 Å². The average Bonchev–Trinajstić information content (AvgIpc) is 2.96. The van der Waals surface area contributed by atoms with Crippen LogP contribution in [0.3, 0.4) is 0 Å². The van der Waals surface area contributed by atoms with Gasteiger partial charge in [-0.2, -0.15) is 4.31 Å². The zero-order valence-corrected chi connectivity index (χ0v) is 14.2. The first kappa shape index (κ1) is 15.9. The van der Waals surface area contributed by atoms with E-state index in [2.05, 4.69) is 9.88 Å². The maximum absolute atomic E-state index is 12.5. The van der Waals surface area contributed by atoms with E-state index in [1.807, 2.05) is 12.1 Å². The number of halogens is 1. The van der Waals surface area contributed by atoms with E-state index < -0.39 is 10.0 Å². The molecular formula is C14H16ClN3O2S2. The minimum Gasteiger partial charge on any atom is -0.296 e. The van der Waals surface area contributed by atoms with Crippen LogP contribution >= 0.6 is 22.9 Å². The van der Waals surface area contributed by atoms with Crippen LogP contribution < -0.4 is 0 Å². The number of piperazine rings is 1. The van der Waals surface area contributed by atoms with Gasteiger partial charge in [0, 0.05) is 45.1 Å². The van der Waals surface area contributed by atoms with Crippen molar-refractivity contribution in [3.05, 3.63) is 46.6 Å². The van der Waals surface area contributed by atoms with Crippen molar-refractivity contribution in [1.29, 1.82) is 0 Å². The van der Waals surface area contributed by atoms with Gasteiger partial charge in [0.15, 0.2) is 0 Å². The monoisotopic (exact) mass is 357 g/mol. The van der Waals surface area contributed by atoms with E-state index >= 15 is 0 Å². The number of nitrogens with zero attached hydrogens (tertiary/aromatic N) is 3. The molecule has 1 saturated heterocycles. The normalized spacial score (nSPS) is 17.7. The summed E-state index contributed by atoms with van der Waals surface area (Å²) in [5, 5.41) is 0. The van der Waals surface area contributed by atoms with E-state index in [1.54, 1.807) is 24.5 Å². The van der Waals surface area contributed by atoms with Crippen LogP contribution in [0.25, 0.3) is 0 Å². The van der Waals surface area contributed by atoms with E-state index in [0.29, 0.717) is 21.6 Å². The highest BCUT2D eigenvalue weighted by atomic mass is 35.5. The van der Waals surface area contributed by atoms with Gasteiger partial charge in [0.2, 0.25) is 0 Å². The largest absolute Gasteiger partial charge is 0.296 e. The van der Waals surface area contributed by atoms with Crippen LogP contribution in [0.15, 0.2) is 40.9 Å². The minimum atomic E-state index is -3.41. The third-order valence-electron chi connectivity index (χ3n) is 3.63. The standard InChI is InChI=1S/C14H16ClN3O2S2/c15-13-1-2-14(21-13)22(19,20)18-9-7-17(8-10-18)11-12-3-5-16-6-4-12/h1-6H,7-11H2. The fourth-order valence-electron chi connectivity index (χ4n) is 2.44. The molecule has 118 valence electrons. The second-order valence-corrected chi connectivity index (χ2v) is 8.97. The molecule has 0 saturated carbocycles. The van der Waals surface area contributed by atoms with Gasteiger partial charge in [-0.25, -0.2) is 8.42 Å². The molecule has 3 rings (SSSR count). The Morgan fingerprint density at radius 3 is 2.36 bits per heavy atom. The van der Waals surface area contributed by atoms with Crippen LogP contribution in [-0.4, -0.2) is 48.8 Å². The molecule has 2 aromatic heterocycles. The number of rotatable bonds is 4. The summed E-state index contributed by atoms with van der Waals surface area (Å²) >= 11 is 6.95. The van der Waals surface area contributed by atoms with Crippen molar-refractivity contribution in [1.82, 2.24) is 14.2 Å². The maximum atomic E-state index is 12.5. The first-order chi connectivity index (χ1) is 10.6. The Hall–Kier alpha value is -0.990. The Bertz CT molecular complexity index is 726. The highest BCUT2D eigenvalue weighted by Crippen LogP contribution is 2.28. The fraction of sp³-hybridized carbons (Fsp3) is 0.357. The summed E-state index contributed by atoms with van der Waals surface area (Å²) in [6, 6.07) is 7.16. The van der Waals surface area contributed by atoms with Crippen molar-refractivity contribution in [2.24, 2.45) is 0 Å². The van der Waals surface area contributed by atoms with Gasteiger partial charge in [-0.1, -0.05) is 11.6 Å². The molecule has 0 N–H and O–H groups in total. The maximum Gasteiger partial charge on any atom is 0.252 e. The molecule has 0 atom stereocenters. The summed E-state index contributed by atoms with van der Waals surface area (Å²) in [5.41, 5.74) is 1.19. The molecule has 0 aliphatic carbocycles. The second-order valence-electron chi connectivity index (χ2n) is 5.09. The third-order valence-corrected chi connectivity index (χ3v) is 7.23. The lowest BCUT2D eigenvalue weighted by Crippen LogP contribution is -2.48. The Kier molecular flexibility index (Phi) is 4.79. The molecule has 5 nitrogen and oxygen atoms in total. The van der Waals surface area contributed by atoms with Crippen molar-refractivity contribution in [2.75, 3.05) is 26.2 Å². The molecule has 0 bridgehead atoms. The zero-order valence-electron chi connectivity index (χ0n) is 11.9. The van der Waals surface area contributed by atoms with Gasteiger partial charge in [-0.3, -0.25) is 9.88 Å². The number of hydrogen-bond acceptors (Lipinski definition) is 5. The number of thiophene rings is 1. The average molecular weight is 358 g/mol. The van der Waals surface area contributed by atoms with E-state index in [-0.39, 0.29) is 0 Å². The zero-order chi connectivity index (χ0) is 15.6. The number of pyridine rings is 1. The molecule has 1 aliphatic heterocycles. The lowest BCUT2D eigenvalue weighted by atomic mass is 10.2. The summed E-state index contributed by atoms with van der Waals surface area (Å²) < 4.78 is 27.4. The van der Waals surface area contributed by atoms with Gasteiger partial charge < -0.3 is 0 Å². The predicted octanol–water partition coefficient (Wildman–Crippen LogP) is 2.30. The van der Waals surface area contributed by atoms with E-state index in [4.69, 9.17) is 11.6 Å². The van der Waals surface area contributed by atoms with Crippen LogP contribution in [0.1, 0.15) is 5.56 Å². The fourth-order valence-corrected chi connectivity index (χ4v) is 5.50. The van der Waals surface area contributed by atoms with Gasteiger partial charge in [-0.05, 0) is 29.8 Å². The molecule has 3 heterocycles. The molecule has 0 spiro atoms. The van der Waals surface area contributed by atoms with Crippen molar-refractivity contribution >= 4 is 33.0 Å². The van der Waals surface area contributed by atoms with Crippen LogP contribution in [0.2, 0.25) is 4.34 Å². The molecular weight excluding hydrogens is 342 g/mol. The number of hydrogen-bond donors (Lipinski definition) is 0. The quantitative estimate of drug-likeness (QED) is 0.842. The SMILES string of the molecule is O=S(=O)(c1ccc(Cl)s1)N1CCN(Cc2ccncc2)CC1. The molecule has 0 radical (unpaired) electrons. The summed E-state index contributed by atoms with van der Waals surface area (Å²) in [6.07, 6.45) is 3.55. The van der Waals surface area contributed by atoms with Gasteiger partial charge in [0.1, 0.15) is 4.21 Å². The first-order valence-corrected chi connectivity index (χ1v) is 9.56. The van der Waals surface area contributed by atoms with E-state index in [0.717, 1.165) is 31.0 Å². The van der Waals surface area contributed by atoms with Crippen molar-refractivity contribution in [3.8, 4) is 0 Å². The Balaban J connectivity index is 1.62. The smallest absolute Gasteiger partial charge is 0.252 e. The van der Waals surface area contributed by atoms with Crippen molar-refractivity contribution in [3.63, 3.8) is 0 Å². The number of sulfonamides is 1. The Morgan fingerprint density at radius 2 is 1.77 bits per heavy atom. The van der Waals surface area contributed by atoms with Crippen LogP contribution in [0.4, 0.5) is 0 Å². The molecule has 1 fully saturated rings. The molecule has 1 aliphatic rings. The third kappa shape index (κ3) is 3.49. The summed E-state index contributed by atoms with van der Waals surface area (Å²) in [5.74, 6) is 0. The topological polar surface area (TPSA) is 53.5 Å². The molecule has 0 aromatic carbocycles. The highest BCUT2D eigenvalue weighted by Gasteiger charge is 2.29. The van der Waals surface area contributed by atoms with Crippen molar-refractivity contribution in [2.45, 2.75) is 10.8 Å². The lowest BCUT2D eigenvalue weighted by Gasteiger charge is -2.33. The molecule has 8 heteroatoms. The highest BCUT2D eigenvalue weighted by molar-refractivity contribution is 7.91. The minimum absolute atomic E-state index is 0.320. The summed E-state index contributed by atoms with van der Waals surface area (Å²) in [4.78, 5) is 6.26. The number of aromatic nitrogens is 1. The van der Waals surface area contributed by atoms with Gasteiger partial charge in [0.25, 0.3) is 10.0 Å². The molecule has 0 amide bonds. The van der Waals surface area contributed by atoms with Gasteiger partial charge in [-0.15, -0.1) is 11.3 Å². The Morgan fingerprint density at radius 1 is 1.09 bits per heavy atom. The predicted molar refractivity (Wildman–Crippen MR) is 87.6 cm³/mol. The molecule has 2 aromatic rings. The first-order valence-electron chi connectivity index (χ1n) is 6.92. The van der Waals surface area contributed by atoms with Crippen LogP contribution in [-0.2, 0) is 16.6 Å². The lowest BCUT2D eigenvalue weighted by molar-refractivity contribution is 0.181. The second kappa shape index (κ2) is 6.64. The van der Waals surface area contributed by atoms with Crippen LogP contribution in [0, 0.1) is 0 Å². The van der Waals surface area contributed by atoms with E-state index in [1.165, 1.54) is 9.87 Å². The Labute approximate surface area is 139 Å². The van der Waals surface area contributed by atoms with E-state index in [9.17, 15) is 8.42 Å².